The van der Waals surface area contributed by atoms with Crippen LogP contribution in [0.1, 0.15) is 49.1 Å². The summed E-state index contributed by atoms with van der Waals surface area (Å²) in [6.07, 6.45) is 2.29. The summed E-state index contributed by atoms with van der Waals surface area (Å²) in [4.78, 5) is 38.0. The smallest absolute Gasteiger partial charge is 0.408 e. The second kappa shape index (κ2) is 8.54. The van der Waals surface area contributed by atoms with Gasteiger partial charge >= 0.3 is 12.1 Å². The second-order valence-electron chi connectivity index (χ2n) is 9.39. The van der Waals surface area contributed by atoms with E-state index in [0.29, 0.717) is 38.3 Å². The summed E-state index contributed by atoms with van der Waals surface area (Å²) >= 11 is 0. The lowest BCUT2D eigenvalue weighted by Crippen LogP contribution is -2.58. The first-order valence-corrected chi connectivity index (χ1v) is 11.6. The van der Waals surface area contributed by atoms with Crippen LogP contribution in [0, 0.1) is 5.92 Å². The molecule has 0 radical (unpaired) electrons. The number of amides is 2. The number of carbonyl (C=O) groups is 3. The van der Waals surface area contributed by atoms with Crippen molar-refractivity contribution >= 4 is 18.0 Å². The fourth-order valence-electron chi connectivity index (χ4n) is 5.11. The molecular weight excluding hydrogens is 420 g/mol. The van der Waals surface area contributed by atoms with Gasteiger partial charge in [-0.3, -0.25) is 9.59 Å². The quantitative estimate of drug-likeness (QED) is 0.641. The molecule has 0 unspecified atom stereocenters. The van der Waals surface area contributed by atoms with Crippen LogP contribution < -0.4 is 5.32 Å². The number of carboxylic acids is 1. The highest BCUT2D eigenvalue weighted by molar-refractivity contribution is 5.93. The molecule has 2 fully saturated rings. The SMILES string of the molecule is O=C(O)CCCC1CN(C(=O)C2(NC(=O)OCC3c4ccccc4-c4ccccc43)CC2)C1. The van der Waals surface area contributed by atoms with Crippen LogP contribution in [0.25, 0.3) is 11.1 Å². The van der Waals surface area contributed by atoms with Crippen LogP contribution in [-0.2, 0) is 14.3 Å². The van der Waals surface area contributed by atoms with E-state index in [4.69, 9.17) is 9.84 Å². The summed E-state index contributed by atoms with van der Waals surface area (Å²) in [7, 11) is 0. The Hall–Kier alpha value is -3.35. The predicted octanol–water partition coefficient (Wildman–Crippen LogP) is 3.77. The molecule has 0 bridgehead atoms. The van der Waals surface area contributed by atoms with E-state index >= 15 is 0 Å². The molecule has 0 spiro atoms. The van der Waals surface area contributed by atoms with Crippen molar-refractivity contribution in [2.45, 2.75) is 43.6 Å². The molecule has 2 N–H and O–H groups in total. The number of hydrogen-bond acceptors (Lipinski definition) is 4. The molecule has 33 heavy (non-hydrogen) atoms. The van der Waals surface area contributed by atoms with Crippen LogP contribution in [0.15, 0.2) is 48.5 Å². The van der Waals surface area contributed by atoms with Gasteiger partial charge in [0.05, 0.1) is 0 Å². The minimum absolute atomic E-state index is 0.0176. The first-order chi connectivity index (χ1) is 16.0. The highest BCUT2D eigenvalue weighted by atomic mass is 16.5. The first kappa shape index (κ1) is 21.5. The standard InChI is InChI=1S/C26H28N2O5/c29-23(30)11-5-6-17-14-28(15-17)24(31)26(12-13-26)27-25(32)33-16-22-20-9-3-1-7-18(20)19-8-2-4-10-21(19)22/h1-4,7-10,17,22H,5-6,11-16H2,(H,27,32)(H,29,30). The first-order valence-electron chi connectivity index (χ1n) is 11.6. The Bertz CT molecular complexity index is 1040. The molecule has 7 heteroatoms. The normalized spacial score (nSPS) is 18.1. The van der Waals surface area contributed by atoms with Crippen LogP contribution in [0.4, 0.5) is 4.79 Å². The molecule has 5 rings (SSSR count). The van der Waals surface area contributed by atoms with Gasteiger partial charge in [-0.15, -0.1) is 0 Å². The van der Waals surface area contributed by atoms with E-state index in [1.807, 2.05) is 24.3 Å². The van der Waals surface area contributed by atoms with Gasteiger partial charge in [-0.05, 0) is 53.9 Å². The predicted molar refractivity (Wildman–Crippen MR) is 122 cm³/mol. The number of nitrogens with one attached hydrogen (secondary N) is 1. The number of alkyl carbamates (subject to hydrolysis) is 1. The lowest BCUT2D eigenvalue weighted by atomic mass is 9.93. The van der Waals surface area contributed by atoms with Crippen LogP contribution in [0.3, 0.4) is 0 Å². The lowest BCUT2D eigenvalue weighted by Gasteiger charge is -2.41. The number of fused-ring (bicyclic) bond motifs is 3. The molecule has 3 aliphatic rings. The zero-order chi connectivity index (χ0) is 23.0. The van der Waals surface area contributed by atoms with Crippen molar-refractivity contribution in [3.8, 4) is 11.1 Å². The number of ether oxygens (including phenoxy) is 1. The van der Waals surface area contributed by atoms with E-state index in [1.165, 1.54) is 11.1 Å². The molecule has 172 valence electrons. The van der Waals surface area contributed by atoms with Gasteiger partial charge in [0.25, 0.3) is 0 Å². The number of likely N-dealkylation sites (tertiary alicyclic amines) is 1. The number of rotatable bonds is 8. The average Bonchev–Trinajstić information content (AvgIpc) is 3.49. The summed E-state index contributed by atoms with van der Waals surface area (Å²) in [5.74, 6) is -0.508. The summed E-state index contributed by atoms with van der Waals surface area (Å²) in [6.45, 7) is 1.48. The lowest BCUT2D eigenvalue weighted by molar-refractivity contribution is -0.142. The second-order valence-corrected chi connectivity index (χ2v) is 9.39. The molecule has 1 aliphatic heterocycles. The number of aliphatic carboxylic acids is 1. The van der Waals surface area contributed by atoms with Crippen LogP contribution in [-0.4, -0.2) is 53.2 Å². The van der Waals surface area contributed by atoms with Crippen LogP contribution in [0.2, 0.25) is 0 Å². The number of carboxylic acid groups (broad SMARTS) is 1. The highest BCUT2D eigenvalue weighted by Gasteiger charge is 2.55. The van der Waals surface area contributed by atoms with Crippen molar-refractivity contribution < 1.29 is 24.2 Å². The molecule has 2 amide bonds. The molecule has 0 aromatic heterocycles. The third kappa shape index (κ3) is 4.19. The van der Waals surface area contributed by atoms with Gasteiger partial charge in [-0.2, -0.15) is 0 Å². The Labute approximate surface area is 192 Å². The van der Waals surface area contributed by atoms with E-state index in [-0.39, 0.29) is 24.9 Å². The number of benzene rings is 2. The molecule has 1 saturated carbocycles. The molecule has 1 heterocycles. The Kier molecular flexibility index (Phi) is 5.56. The van der Waals surface area contributed by atoms with Crippen molar-refractivity contribution in [1.29, 1.82) is 0 Å². The average molecular weight is 449 g/mol. The van der Waals surface area contributed by atoms with Gasteiger partial charge in [0.1, 0.15) is 12.1 Å². The van der Waals surface area contributed by atoms with E-state index in [1.54, 1.807) is 4.90 Å². The van der Waals surface area contributed by atoms with Crippen molar-refractivity contribution in [3.63, 3.8) is 0 Å². The Morgan fingerprint density at radius 2 is 1.61 bits per heavy atom. The zero-order valence-corrected chi connectivity index (χ0v) is 18.5. The van der Waals surface area contributed by atoms with Gasteiger partial charge in [-0.25, -0.2) is 4.79 Å². The molecule has 1 saturated heterocycles. The summed E-state index contributed by atoms with van der Waals surface area (Å²) < 4.78 is 5.62. The zero-order valence-electron chi connectivity index (χ0n) is 18.5. The van der Waals surface area contributed by atoms with Crippen LogP contribution >= 0.6 is 0 Å². The molecular formula is C26H28N2O5. The van der Waals surface area contributed by atoms with Gasteiger partial charge in [0.15, 0.2) is 0 Å². The van der Waals surface area contributed by atoms with Gasteiger partial charge < -0.3 is 20.1 Å². The largest absolute Gasteiger partial charge is 0.481 e. The molecule has 2 aromatic carbocycles. The minimum atomic E-state index is -0.839. The highest BCUT2D eigenvalue weighted by Crippen LogP contribution is 2.45. The maximum absolute atomic E-state index is 12.9. The number of hydrogen-bond donors (Lipinski definition) is 2. The van der Waals surface area contributed by atoms with Gasteiger partial charge in [0.2, 0.25) is 5.91 Å². The number of nitrogens with zero attached hydrogens (tertiary/aromatic N) is 1. The molecule has 2 aliphatic carbocycles. The third-order valence-corrected chi connectivity index (χ3v) is 7.09. The van der Waals surface area contributed by atoms with Crippen molar-refractivity contribution in [1.82, 2.24) is 10.2 Å². The maximum atomic E-state index is 12.9. The topological polar surface area (TPSA) is 95.9 Å². The van der Waals surface area contributed by atoms with Crippen molar-refractivity contribution in [2.75, 3.05) is 19.7 Å². The van der Waals surface area contributed by atoms with Gasteiger partial charge in [-0.1, -0.05) is 48.5 Å². The molecule has 0 atom stereocenters. The van der Waals surface area contributed by atoms with E-state index < -0.39 is 17.6 Å². The monoisotopic (exact) mass is 448 g/mol. The molecule has 2 aromatic rings. The van der Waals surface area contributed by atoms with Crippen molar-refractivity contribution in [3.05, 3.63) is 59.7 Å². The Balaban J connectivity index is 1.14. The Morgan fingerprint density at radius 3 is 2.18 bits per heavy atom. The summed E-state index contributed by atoms with van der Waals surface area (Å²) in [5, 5.41) is 11.6. The van der Waals surface area contributed by atoms with Crippen molar-refractivity contribution in [2.24, 2.45) is 5.92 Å². The minimum Gasteiger partial charge on any atom is -0.481 e. The summed E-state index contributed by atoms with van der Waals surface area (Å²) in [6, 6.07) is 16.4. The fraction of sp³-hybridized carbons (Fsp3) is 0.423. The van der Waals surface area contributed by atoms with E-state index in [2.05, 4.69) is 29.6 Å². The van der Waals surface area contributed by atoms with E-state index in [9.17, 15) is 14.4 Å². The van der Waals surface area contributed by atoms with E-state index in [0.717, 1.165) is 17.5 Å². The van der Waals surface area contributed by atoms with Crippen LogP contribution in [0.5, 0.6) is 0 Å². The van der Waals surface area contributed by atoms with Gasteiger partial charge in [0, 0.05) is 25.4 Å². The Morgan fingerprint density at radius 1 is 1.00 bits per heavy atom. The third-order valence-electron chi connectivity index (χ3n) is 7.09. The maximum Gasteiger partial charge on any atom is 0.408 e. The summed E-state index contributed by atoms with van der Waals surface area (Å²) in [5.41, 5.74) is 3.81. The fourth-order valence-corrected chi connectivity index (χ4v) is 5.11. The molecule has 7 nitrogen and oxygen atoms in total. The number of carbonyl (C=O) groups excluding carboxylic acids is 2.